The molecular weight excluding hydrogens is 228 g/mol. The van der Waals surface area contributed by atoms with Gasteiger partial charge in [-0.25, -0.2) is 0 Å². The zero-order valence-corrected chi connectivity index (χ0v) is 11.4. The van der Waals surface area contributed by atoms with Crippen molar-refractivity contribution >= 4 is 11.8 Å². The van der Waals surface area contributed by atoms with E-state index in [1.807, 2.05) is 19.9 Å². The fraction of sp³-hybridized carbons (Fsp3) is 0.733. The maximum atomic E-state index is 11.9. The van der Waals surface area contributed by atoms with Crippen LogP contribution in [0, 0.1) is 17.8 Å². The molecule has 3 heteroatoms. The molecule has 0 N–H and O–H groups in total. The van der Waals surface area contributed by atoms with Gasteiger partial charge in [-0.05, 0) is 26.2 Å². The van der Waals surface area contributed by atoms with E-state index in [1.54, 1.807) is 0 Å². The van der Waals surface area contributed by atoms with Gasteiger partial charge in [0.2, 0.25) is 0 Å². The van der Waals surface area contributed by atoms with Crippen molar-refractivity contribution < 1.29 is 14.3 Å². The van der Waals surface area contributed by atoms with Gasteiger partial charge < -0.3 is 4.74 Å². The number of hydrogen-bond donors (Lipinski definition) is 0. The molecule has 18 heavy (non-hydrogen) atoms. The molecule has 4 unspecified atom stereocenters. The second-order valence-corrected chi connectivity index (χ2v) is 5.82. The number of rotatable bonds is 0. The number of ether oxygens (including phenoxy) is 1. The van der Waals surface area contributed by atoms with Crippen molar-refractivity contribution in [3.8, 4) is 0 Å². The van der Waals surface area contributed by atoms with Crippen LogP contribution in [0.1, 0.15) is 46.5 Å². The fourth-order valence-corrected chi connectivity index (χ4v) is 2.95. The zero-order chi connectivity index (χ0) is 13.3. The third-order valence-electron chi connectivity index (χ3n) is 4.42. The van der Waals surface area contributed by atoms with Crippen molar-refractivity contribution in [2.75, 3.05) is 0 Å². The molecule has 2 rings (SSSR count). The van der Waals surface area contributed by atoms with E-state index < -0.39 is 0 Å². The number of carbonyl (C=O) groups is 2. The maximum Gasteiger partial charge on any atom is 0.309 e. The van der Waals surface area contributed by atoms with Gasteiger partial charge in [0.1, 0.15) is 11.9 Å². The fourth-order valence-electron chi connectivity index (χ4n) is 2.95. The summed E-state index contributed by atoms with van der Waals surface area (Å²) in [5, 5.41) is 0. The summed E-state index contributed by atoms with van der Waals surface area (Å²) in [4.78, 5) is 23.6. The molecule has 0 aromatic heterocycles. The molecule has 4 atom stereocenters. The summed E-state index contributed by atoms with van der Waals surface area (Å²) >= 11 is 0. The highest BCUT2D eigenvalue weighted by Gasteiger charge is 2.42. The molecule has 1 aliphatic carbocycles. The van der Waals surface area contributed by atoms with Crippen molar-refractivity contribution in [2.45, 2.75) is 52.6 Å². The largest absolute Gasteiger partial charge is 0.462 e. The lowest BCUT2D eigenvalue weighted by Crippen LogP contribution is -2.25. The number of esters is 1. The first-order valence-corrected chi connectivity index (χ1v) is 6.88. The highest BCUT2D eigenvalue weighted by Crippen LogP contribution is 2.36. The third kappa shape index (κ3) is 2.65. The first kappa shape index (κ1) is 13.3. The second kappa shape index (κ2) is 5.25. The van der Waals surface area contributed by atoms with Crippen molar-refractivity contribution in [3.63, 3.8) is 0 Å². The SMILES string of the molecule is CC1=CCC(=O)C(C)CC2OC(=O)C(C)C2CC1. The van der Waals surface area contributed by atoms with Crippen LogP contribution in [0.15, 0.2) is 11.6 Å². The van der Waals surface area contributed by atoms with Gasteiger partial charge in [-0.1, -0.05) is 25.5 Å². The van der Waals surface area contributed by atoms with Crippen LogP contribution < -0.4 is 0 Å². The summed E-state index contributed by atoms with van der Waals surface area (Å²) in [5.41, 5.74) is 1.25. The van der Waals surface area contributed by atoms with E-state index in [0.29, 0.717) is 12.8 Å². The molecule has 0 bridgehead atoms. The minimum Gasteiger partial charge on any atom is -0.462 e. The van der Waals surface area contributed by atoms with Crippen molar-refractivity contribution in [2.24, 2.45) is 17.8 Å². The van der Waals surface area contributed by atoms with Gasteiger partial charge in [-0.2, -0.15) is 0 Å². The normalized spacial score (nSPS) is 37.8. The van der Waals surface area contributed by atoms with E-state index in [0.717, 1.165) is 12.8 Å². The lowest BCUT2D eigenvalue weighted by atomic mass is 9.81. The number of Topliss-reactive ketones (excluding diaryl/α,β-unsaturated/α-hetero) is 1. The monoisotopic (exact) mass is 250 g/mol. The lowest BCUT2D eigenvalue weighted by Gasteiger charge is -2.23. The molecule has 2 aliphatic rings. The predicted octanol–water partition coefficient (Wildman–Crippen LogP) is 2.89. The number of allylic oxidation sites excluding steroid dienone is 2. The summed E-state index contributed by atoms with van der Waals surface area (Å²) in [6.45, 7) is 5.96. The highest BCUT2D eigenvalue weighted by molar-refractivity contribution is 5.82. The van der Waals surface area contributed by atoms with Crippen LogP contribution in [0.5, 0.6) is 0 Å². The summed E-state index contributed by atoms with van der Waals surface area (Å²) < 4.78 is 5.45. The van der Waals surface area contributed by atoms with Crippen LogP contribution in [0.4, 0.5) is 0 Å². The molecule has 1 saturated heterocycles. The first-order chi connectivity index (χ1) is 8.49. The van der Waals surface area contributed by atoms with Gasteiger partial charge in [0, 0.05) is 18.3 Å². The Hall–Kier alpha value is -1.12. The lowest BCUT2D eigenvalue weighted by molar-refractivity contribution is -0.145. The van der Waals surface area contributed by atoms with Crippen LogP contribution in [-0.4, -0.2) is 17.9 Å². The summed E-state index contributed by atoms with van der Waals surface area (Å²) in [6.07, 6.45) is 5.14. The van der Waals surface area contributed by atoms with Gasteiger partial charge in [-0.3, -0.25) is 9.59 Å². The van der Waals surface area contributed by atoms with Crippen LogP contribution in [0.2, 0.25) is 0 Å². The molecule has 0 amide bonds. The minimum absolute atomic E-state index is 0.0160. The smallest absolute Gasteiger partial charge is 0.309 e. The number of carbonyl (C=O) groups excluding carboxylic acids is 2. The third-order valence-corrected chi connectivity index (χ3v) is 4.42. The Balaban J connectivity index is 2.19. The van der Waals surface area contributed by atoms with Crippen LogP contribution >= 0.6 is 0 Å². The van der Waals surface area contributed by atoms with E-state index in [1.165, 1.54) is 5.57 Å². The van der Waals surface area contributed by atoms with E-state index >= 15 is 0 Å². The number of ketones is 1. The molecule has 0 spiro atoms. The number of hydrogen-bond acceptors (Lipinski definition) is 3. The Morgan fingerprint density at radius 3 is 2.72 bits per heavy atom. The molecule has 0 radical (unpaired) electrons. The van der Waals surface area contributed by atoms with Crippen molar-refractivity contribution in [3.05, 3.63) is 11.6 Å². The van der Waals surface area contributed by atoms with Gasteiger partial charge in [0.15, 0.2) is 0 Å². The van der Waals surface area contributed by atoms with Gasteiger partial charge >= 0.3 is 5.97 Å². The maximum absolute atomic E-state index is 11.9. The summed E-state index contributed by atoms with van der Waals surface area (Å²) in [5.74, 6) is 0.396. The Morgan fingerprint density at radius 1 is 1.28 bits per heavy atom. The Morgan fingerprint density at radius 2 is 2.00 bits per heavy atom. The molecule has 3 nitrogen and oxygen atoms in total. The van der Waals surface area contributed by atoms with Gasteiger partial charge in [0.05, 0.1) is 5.92 Å². The van der Waals surface area contributed by atoms with Crippen molar-refractivity contribution in [1.82, 2.24) is 0 Å². The molecular formula is C15H22O3. The molecule has 0 saturated carbocycles. The van der Waals surface area contributed by atoms with E-state index in [2.05, 4.69) is 6.92 Å². The zero-order valence-electron chi connectivity index (χ0n) is 11.4. The van der Waals surface area contributed by atoms with Crippen LogP contribution in [-0.2, 0) is 14.3 Å². The molecule has 100 valence electrons. The van der Waals surface area contributed by atoms with Crippen LogP contribution in [0.25, 0.3) is 0 Å². The second-order valence-electron chi connectivity index (χ2n) is 5.82. The predicted molar refractivity (Wildman–Crippen MR) is 68.9 cm³/mol. The molecule has 0 aromatic rings. The molecule has 1 heterocycles. The summed E-state index contributed by atoms with van der Waals surface area (Å²) in [7, 11) is 0. The summed E-state index contributed by atoms with van der Waals surface area (Å²) in [6, 6.07) is 0. The van der Waals surface area contributed by atoms with E-state index in [-0.39, 0.29) is 35.6 Å². The molecule has 1 aliphatic heterocycles. The molecule has 0 aromatic carbocycles. The molecule has 1 fully saturated rings. The van der Waals surface area contributed by atoms with E-state index in [4.69, 9.17) is 4.74 Å². The van der Waals surface area contributed by atoms with Crippen LogP contribution in [0.3, 0.4) is 0 Å². The Bertz CT molecular complexity index is 383. The first-order valence-electron chi connectivity index (χ1n) is 6.88. The minimum atomic E-state index is -0.0921. The van der Waals surface area contributed by atoms with Crippen molar-refractivity contribution in [1.29, 1.82) is 0 Å². The Kier molecular flexibility index (Phi) is 3.88. The van der Waals surface area contributed by atoms with Gasteiger partial charge in [-0.15, -0.1) is 0 Å². The topological polar surface area (TPSA) is 43.4 Å². The quantitative estimate of drug-likeness (QED) is 0.490. The number of fused-ring (bicyclic) bond motifs is 1. The van der Waals surface area contributed by atoms with E-state index in [9.17, 15) is 9.59 Å². The average Bonchev–Trinajstić information content (AvgIpc) is 2.59. The average molecular weight is 250 g/mol. The Labute approximate surface area is 109 Å². The standard InChI is InChI=1S/C15H22O3/c1-9-4-6-12-11(3)15(17)18-14(12)8-10(2)13(16)7-5-9/h5,10-12,14H,4,6-8H2,1-3H3. The van der Waals surface area contributed by atoms with Gasteiger partial charge in [0.25, 0.3) is 0 Å². The highest BCUT2D eigenvalue weighted by atomic mass is 16.6.